The van der Waals surface area contributed by atoms with Crippen molar-refractivity contribution >= 4 is 23.7 Å². The number of quaternary nitrogens is 1. The van der Waals surface area contributed by atoms with Gasteiger partial charge < -0.3 is 10.6 Å². The Hall–Kier alpha value is -1.53. The lowest BCUT2D eigenvalue weighted by Crippen LogP contribution is -3.12. The molecule has 0 aliphatic carbocycles. The van der Waals surface area contributed by atoms with Crippen LogP contribution in [-0.2, 0) is 11.3 Å². The number of carbonyl (C=O) groups is 2. The lowest BCUT2D eigenvalue weighted by Gasteiger charge is -2.20. The maximum Gasteiger partial charge on any atom is 0.319 e. The van der Waals surface area contributed by atoms with E-state index in [9.17, 15) is 9.59 Å². The predicted molar refractivity (Wildman–Crippen MR) is 76.0 cm³/mol. The van der Waals surface area contributed by atoms with Crippen molar-refractivity contribution < 1.29 is 14.5 Å². The fourth-order valence-corrected chi connectivity index (χ4v) is 2.08. The van der Waals surface area contributed by atoms with Crippen molar-refractivity contribution in [1.82, 2.24) is 5.32 Å². The molecule has 1 aromatic carbocycles. The Balaban J connectivity index is 2.59. The SMILES string of the molecule is CSc1ccc(C[NH+](C)[C@@H](C)C(=O)NC(N)=O)cc1. The average Bonchev–Trinajstić information content (AvgIpc) is 2.37. The summed E-state index contributed by atoms with van der Waals surface area (Å²) in [4.78, 5) is 24.5. The summed E-state index contributed by atoms with van der Waals surface area (Å²) in [6.07, 6.45) is 2.03. The summed E-state index contributed by atoms with van der Waals surface area (Å²) >= 11 is 1.69. The molecule has 1 rings (SSSR count). The maximum atomic E-state index is 11.6. The number of likely N-dealkylation sites (N-methyl/N-ethyl adjacent to an activating group) is 1. The van der Waals surface area contributed by atoms with E-state index in [0.717, 1.165) is 10.5 Å². The Labute approximate surface area is 117 Å². The van der Waals surface area contributed by atoms with E-state index in [1.54, 1.807) is 18.7 Å². The second kappa shape index (κ2) is 7.16. The first-order valence-corrected chi connectivity index (χ1v) is 7.22. The van der Waals surface area contributed by atoms with E-state index in [-0.39, 0.29) is 11.9 Å². The second-order valence-electron chi connectivity index (χ2n) is 4.45. The molecule has 5 nitrogen and oxygen atoms in total. The fraction of sp³-hybridized carbons (Fsp3) is 0.385. The Morgan fingerprint density at radius 1 is 1.37 bits per heavy atom. The molecule has 0 saturated carbocycles. The van der Waals surface area contributed by atoms with Gasteiger partial charge in [-0.2, -0.15) is 0 Å². The molecule has 0 heterocycles. The number of thioether (sulfide) groups is 1. The van der Waals surface area contributed by atoms with Crippen LogP contribution in [0.2, 0.25) is 0 Å². The van der Waals surface area contributed by atoms with Crippen LogP contribution in [0.4, 0.5) is 4.79 Å². The van der Waals surface area contributed by atoms with Gasteiger partial charge in [-0.25, -0.2) is 4.79 Å². The molecule has 2 atom stereocenters. The molecule has 0 fully saturated rings. The summed E-state index contributed by atoms with van der Waals surface area (Å²) in [5.41, 5.74) is 6.08. The molecular formula is C13H20N3O2S+. The third-order valence-electron chi connectivity index (χ3n) is 3.02. The summed E-state index contributed by atoms with van der Waals surface area (Å²) in [5, 5.41) is 2.10. The topological polar surface area (TPSA) is 76.6 Å². The Kier molecular flexibility index (Phi) is 5.85. The summed E-state index contributed by atoms with van der Waals surface area (Å²) in [6.45, 7) is 2.48. The van der Waals surface area contributed by atoms with E-state index in [1.807, 2.05) is 25.4 Å². The number of primary amides is 1. The van der Waals surface area contributed by atoms with E-state index >= 15 is 0 Å². The number of carbonyl (C=O) groups excluding carboxylic acids is 2. The molecule has 4 N–H and O–H groups in total. The van der Waals surface area contributed by atoms with Crippen LogP contribution in [0.25, 0.3) is 0 Å². The number of rotatable bonds is 5. The smallest absolute Gasteiger partial charge is 0.319 e. The molecule has 0 spiro atoms. The van der Waals surface area contributed by atoms with Gasteiger partial charge in [0.1, 0.15) is 6.54 Å². The van der Waals surface area contributed by atoms with Gasteiger partial charge in [-0.1, -0.05) is 12.1 Å². The second-order valence-corrected chi connectivity index (χ2v) is 5.33. The number of hydrogen-bond acceptors (Lipinski definition) is 3. The van der Waals surface area contributed by atoms with Crippen LogP contribution < -0.4 is 16.0 Å². The quantitative estimate of drug-likeness (QED) is 0.666. The van der Waals surface area contributed by atoms with E-state index in [0.29, 0.717) is 6.54 Å². The largest absolute Gasteiger partial charge is 0.351 e. The molecule has 6 heteroatoms. The Morgan fingerprint density at radius 3 is 2.42 bits per heavy atom. The number of imide groups is 1. The van der Waals surface area contributed by atoms with Crippen LogP contribution in [0.3, 0.4) is 0 Å². The highest BCUT2D eigenvalue weighted by molar-refractivity contribution is 7.98. The minimum atomic E-state index is -0.811. The number of nitrogens with one attached hydrogen (secondary N) is 2. The minimum absolute atomic E-state index is 0.340. The van der Waals surface area contributed by atoms with E-state index in [2.05, 4.69) is 17.4 Å². The van der Waals surface area contributed by atoms with E-state index in [4.69, 9.17) is 5.73 Å². The van der Waals surface area contributed by atoms with E-state index in [1.165, 1.54) is 4.90 Å². The zero-order chi connectivity index (χ0) is 14.4. The number of hydrogen-bond donors (Lipinski definition) is 3. The number of benzene rings is 1. The monoisotopic (exact) mass is 282 g/mol. The molecular weight excluding hydrogens is 262 g/mol. The van der Waals surface area contributed by atoms with Crippen molar-refractivity contribution in [3.8, 4) is 0 Å². The Bertz CT molecular complexity index is 448. The van der Waals surface area contributed by atoms with Crippen molar-refractivity contribution in [2.75, 3.05) is 13.3 Å². The zero-order valence-electron chi connectivity index (χ0n) is 11.4. The van der Waals surface area contributed by atoms with Crippen molar-refractivity contribution in [1.29, 1.82) is 0 Å². The minimum Gasteiger partial charge on any atom is -0.351 e. The Morgan fingerprint density at radius 2 is 1.95 bits per heavy atom. The summed E-state index contributed by atoms with van der Waals surface area (Å²) < 4.78 is 0. The van der Waals surface area contributed by atoms with Crippen molar-refractivity contribution in [2.24, 2.45) is 5.73 Å². The first kappa shape index (κ1) is 15.5. The third-order valence-corrected chi connectivity index (χ3v) is 3.76. The molecule has 1 aromatic rings. The number of nitrogens with two attached hydrogens (primary N) is 1. The van der Waals surface area contributed by atoms with Gasteiger partial charge in [0, 0.05) is 10.5 Å². The molecule has 0 aliphatic heterocycles. The maximum absolute atomic E-state index is 11.6. The fourth-order valence-electron chi connectivity index (χ4n) is 1.67. The highest BCUT2D eigenvalue weighted by Crippen LogP contribution is 2.14. The third kappa shape index (κ3) is 4.92. The number of urea groups is 1. The van der Waals surface area contributed by atoms with Gasteiger partial charge in [-0.05, 0) is 25.3 Å². The molecule has 0 bridgehead atoms. The van der Waals surface area contributed by atoms with Crippen molar-refractivity contribution in [3.63, 3.8) is 0 Å². The van der Waals surface area contributed by atoms with Gasteiger partial charge in [-0.15, -0.1) is 11.8 Å². The van der Waals surface area contributed by atoms with Crippen LogP contribution in [-0.4, -0.2) is 31.3 Å². The van der Waals surface area contributed by atoms with Crippen LogP contribution in [0, 0.1) is 0 Å². The molecule has 3 amide bonds. The number of amides is 3. The van der Waals surface area contributed by atoms with Gasteiger partial charge in [0.25, 0.3) is 5.91 Å². The van der Waals surface area contributed by atoms with Gasteiger partial charge >= 0.3 is 6.03 Å². The van der Waals surface area contributed by atoms with Gasteiger partial charge in [0.15, 0.2) is 6.04 Å². The van der Waals surface area contributed by atoms with Gasteiger partial charge in [0.05, 0.1) is 7.05 Å². The average molecular weight is 282 g/mol. The molecule has 0 saturated heterocycles. The van der Waals surface area contributed by atoms with Crippen LogP contribution in [0.15, 0.2) is 29.2 Å². The lowest BCUT2D eigenvalue weighted by atomic mass is 10.2. The van der Waals surface area contributed by atoms with Crippen molar-refractivity contribution in [2.45, 2.75) is 24.4 Å². The molecule has 0 aromatic heterocycles. The molecule has 0 radical (unpaired) electrons. The predicted octanol–water partition coefficient (Wildman–Crippen LogP) is 0.00660. The van der Waals surface area contributed by atoms with Crippen LogP contribution >= 0.6 is 11.8 Å². The lowest BCUT2D eigenvalue weighted by molar-refractivity contribution is -0.908. The van der Waals surface area contributed by atoms with Crippen LogP contribution in [0.5, 0.6) is 0 Å². The standard InChI is InChI=1S/C13H19N3O2S/c1-9(12(17)15-13(14)18)16(2)8-10-4-6-11(19-3)7-5-10/h4-7,9H,8H2,1-3H3,(H3,14,15,17,18)/p+1/t9-/m0/s1. The van der Waals surface area contributed by atoms with E-state index < -0.39 is 6.03 Å². The molecule has 1 unspecified atom stereocenters. The normalized spacial score (nSPS) is 13.6. The van der Waals surface area contributed by atoms with Crippen LogP contribution in [0.1, 0.15) is 12.5 Å². The molecule has 19 heavy (non-hydrogen) atoms. The van der Waals surface area contributed by atoms with Gasteiger partial charge in [0.2, 0.25) is 0 Å². The molecule has 104 valence electrons. The van der Waals surface area contributed by atoms with Gasteiger partial charge in [-0.3, -0.25) is 10.1 Å². The first-order valence-electron chi connectivity index (χ1n) is 5.99. The first-order chi connectivity index (χ1) is 8.93. The highest BCUT2D eigenvalue weighted by Gasteiger charge is 2.22. The summed E-state index contributed by atoms with van der Waals surface area (Å²) in [5.74, 6) is -0.356. The highest BCUT2D eigenvalue weighted by atomic mass is 32.2. The molecule has 0 aliphatic rings. The van der Waals surface area contributed by atoms with Crippen molar-refractivity contribution in [3.05, 3.63) is 29.8 Å². The summed E-state index contributed by atoms with van der Waals surface area (Å²) in [7, 11) is 1.91. The zero-order valence-corrected chi connectivity index (χ0v) is 12.2. The summed E-state index contributed by atoms with van der Waals surface area (Å²) in [6, 6.07) is 7.06.